The van der Waals surface area contributed by atoms with Gasteiger partial charge in [-0.2, -0.15) is 0 Å². The molecule has 0 spiro atoms. The molecule has 0 radical (unpaired) electrons. The van der Waals surface area contributed by atoms with Gasteiger partial charge in [-0.05, 0) is 18.2 Å². The standard InChI is InChI=1S/C14H18BrNO4/c1-18-14(17)13-10-16(6-8-20-13)5-7-19-12-4-2-3-11(15)9-12/h2-4,9,13H,5-8,10H2,1H3. The number of nitrogens with zero attached hydrogens (tertiary/aromatic N) is 1. The summed E-state index contributed by atoms with van der Waals surface area (Å²) in [6, 6.07) is 7.73. The molecule has 0 amide bonds. The Morgan fingerprint density at radius 1 is 1.55 bits per heavy atom. The van der Waals surface area contributed by atoms with Crippen molar-refractivity contribution in [3.8, 4) is 5.75 Å². The first-order valence-corrected chi connectivity index (χ1v) is 7.28. The summed E-state index contributed by atoms with van der Waals surface area (Å²) in [6.45, 7) is 3.22. The number of benzene rings is 1. The Hall–Kier alpha value is -1.11. The van der Waals surface area contributed by atoms with E-state index >= 15 is 0 Å². The molecule has 20 heavy (non-hydrogen) atoms. The Labute approximate surface area is 126 Å². The fraction of sp³-hybridized carbons (Fsp3) is 0.500. The molecule has 0 bridgehead atoms. The Morgan fingerprint density at radius 3 is 3.15 bits per heavy atom. The summed E-state index contributed by atoms with van der Waals surface area (Å²) in [5.74, 6) is 0.514. The van der Waals surface area contributed by atoms with Crippen molar-refractivity contribution in [2.45, 2.75) is 6.10 Å². The van der Waals surface area contributed by atoms with Gasteiger partial charge in [-0.25, -0.2) is 4.79 Å². The molecular weight excluding hydrogens is 326 g/mol. The molecule has 2 rings (SSSR count). The van der Waals surface area contributed by atoms with Gasteiger partial charge in [0.05, 0.1) is 13.7 Å². The minimum absolute atomic E-state index is 0.317. The molecule has 1 aliphatic rings. The lowest BCUT2D eigenvalue weighted by Gasteiger charge is -2.31. The molecule has 1 aromatic rings. The lowest BCUT2D eigenvalue weighted by Crippen LogP contribution is -2.47. The summed E-state index contributed by atoms with van der Waals surface area (Å²) in [5, 5.41) is 0. The highest BCUT2D eigenvalue weighted by atomic mass is 79.9. The van der Waals surface area contributed by atoms with Crippen LogP contribution >= 0.6 is 15.9 Å². The molecule has 1 unspecified atom stereocenters. The molecule has 1 heterocycles. The summed E-state index contributed by atoms with van der Waals surface area (Å²) in [4.78, 5) is 13.6. The average Bonchev–Trinajstić information content (AvgIpc) is 2.47. The van der Waals surface area contributed by atoms with E-state index in [1.54, 1.807) is 0 Å². The Balaban J connectivity index is 1.75. The molecule has 0 aliphatic carbocycles. The molecular formula is C14H18BrNO4. The number of morpholine rings is 1. The van der Waals surface area contributed by atoms with Crippen molar-refractivity contribution in [1.29, 1.82) is 0 Å². The van der Waals surface area contributed by atoms with Crippen LogP contribution in [0.25, 0.3) is 0 Å². The fourth-order valence-corrected chi connectivity index (χ4v) is 2.41. The van der Waals surface area contributed by atoms with E-state index in [-0.39, 0.29) is 5.97 Å². The van der Waals surface area contributed by atoms with E-state index in [1.165, 1.54) is 7.11 Å². The third-order valence-electron chi connectivity index (χ3n) is 3.09. The van der Waals surface area contributed by atoms with E-state index in [2.05, 4.69) is 20.8 Å². The molecule has 0 aromatic heterocycles. The Kier molecular flexibility index (Phi) is 5.82. The van der Waals surface area contributed by atoms with E-state index < -0.39 is 6.10 Å². The third-order valence-corrected chi connectivity index (χ3v) is 3.58. The summed E-state index contributed by atoms with van der Waals surface area (Å²) < 4.78 is 16.8. The highest BCUT2D eigenvalue weighted by molar-refractivity contribution is 9.10. The first-order chi connectivity index (χ1) is 9.69. The van der Waals surface area contributed by atoms with E-state index in [0.717, 1.165) is 23.3 Å². The minimum Gasteiger partial charge on any atom is -0.492 e. The number of rotatable bonds is 5. The molecule has 0 N–H and O–H groups in total. The van der Waals surface area contributed by atoms with Crippen LogP contribution in [0.4, 0.5) is 0 Å². The molecule has 1 fully saturated rings. The normalized spacial score (nSPS) is 19.6. The molecule has 1 aliphatic heterocycles. The third kappa shape index (κ3) is 4.47. The predicted molar refractivity (Wildman–Crippen MR) is 77.8 cm³/mol. The SMILES string of the molecule is COC(=O)C1CN(CCOc2cccc(Br)c2)CCO1. The fourth-order valence-electron chi connectivity index (χ4n) is 2.03. The van der Waals surface area contributed by atoms with Gasteiger partial charge in [0.15, 0.2) is 6.10 Å². The van der Waals surface area contributed by atoms with Crippen LogP contribution in [0.15, 0.2) is 28.7 Å². The van der Waals surface area contributed by atoms with Gasteiger partial charge in [0.2, 0.25) is 0 Å². The van der Waals surface area contributed by atoms with Crippen molar-refractivity contribution in [3.05, 3.63) is 28.7 Å². The molecule has 6 heteroatoms. The maximum atomic E-state index is 11.4. The van der Waals surface area contributed by atoms with E-state index in [9.17, 15) is 4.79 Å². The minimum atomic E-state index is -0.486. The van der Waals surface area contributed by atoms with Crippen LogP contribution in [0.3, 0.4) is 0 Å². The van der Waals surface area contributed by atoms with Gasteiger partial charge in [0.25, 0.3) is 0 Å². The van der Waals surface area contributed by atoms with Crippen LogP contribution < -0.4 is 4.74 Å². The summed E-state index contributed by atoms with van der Waals surface area (Å²) in [6.07, 6.45) is -0.486. The van der Waals surface area contributed by atoms with Crippen LogP contribution in [0.5, 0.6) is 5.75 Å². The van der Waals surface area contributed by atoms with Gasteiger partial charge >= 0.3 is 5.97 Å². The number of esters is 1. The average molecular weight is 344 g/mol. The number of methoxy groups -OCH3 is 1. The largest absolute Gasteiger partial charge is 0.492 e. The van der Waals surface area contributed by atoms with Crippen LogP contribution in [-0.2, 0) is 14.3 Å². The lowest BCUT2D eigenvalue weighted by molar-refractivity contribution is -0.159. The topological polar surface area (TPSA) is 48.0 Å². The van der Waals surface area contributed by atoms with Gasteiger partial charge in [-0.15, -0.1) is 0 Å². The molecule has 0 saturated carbocycles. The van der Waals surface area contributed by atoms with Gasteiger partial charge in [-0.3, -0.25) is 4.90 Å². The zero-order chi connectivity index (χ0) is 14.4. The van der Waals surface area contributed by atoms with Gasteiger partial charge in [0, 0.05) is 24.1 Å². The number of hydrogen-bond donors (Lipinski definition) is 0. The van der Waals surface area contributed by atoms with Crippen molar-refractivity contribution < 1.29 is 19.0 Å². The van der Waals surface area contributed by atoms with Crippen molar-refractivity contribution in [1.82, 2.24) is 4.90 Å². The molecule has 1 saturated heterocycles. The van der Waals surface area contributed by atoms with Gasteiger partial charge in [0.1, 0.15) is 12.4 Å². The van der Waals surface area contributed by atoms with Gasteiger partial charge < -0.3 is 14.2 Å². The molecule has 5 nitrogen and oxygen atoms in total. The van der Waals surface area contributed by atoms with Gasteiger partial charge in [-0.1, -0.05) is 22.0 Å². The highest BCUT2D eigenvalue weighted by Crippen LogP contribution is 2.17. The summed E-state index contributed by atoms with van der Waals surface area (Å²) >= 11 is 3.40. The summed E-state index contributed by atoms with van der Waals surface area (Å²) in [5.41, 5.74) is 0. The quantitative estimate of drug-likeness (QED) is 0.761. The number of carbonyl (C=O) groups is 1. The van der Waals surface area contributed by atoms with E-state index in [4.69, 9.17) is 14.2 Å². The molecule has 110 valence electrons. The smallest absolute Gasteiger partial charge is 0.336 e. The van der Waals surface area contributed by atoms with Crippen molar-refractivity contribution in [3.63, 3.8) is 0 Å². The van der Waals surface area contributed by atoms with Crippen LogP contribution in [-0.4, -0.2) is 56.9 Å². The number of carbonyl (C=O) groups excluding carboxylic acids is 1. The number of hydrogen-bond acceptors (Lipinski definition) is 5. The zero-order valence-electron chi connectivity index (χ0n) is 11.4. The van der Waals surface area contributed by atoms with Crippen LogP contribution in [0.2, 0.25) is 0 Å². The van der Waals surface area contributed by atoms with Crippen LogP contribution in [0, 0.1) is 0 Å². The summed E-state index contributed by atoms with van der Waals surface area (Å²) in [7, 11) is 1.38. The molecule has 1 atom stereocenters. The maximum Gasteiger partial charge on any atom is 0.336 e. The monoisotopic (exact) mass is 343 g/mol. The first-order valence-electron chi connectivity index (χ1n) is 6.49. The number of ether oxygens (including phenoxy) is 3. The second kappa shape index (κ2) is 7.61. The van der Waals surface area contributed by atoms with E-state index in [1.807, 2.05) is 24.3 Å². The van der Waals surface area contributed by atoms with Crippen molar-refractivity contribution in [2.24, 2.45) is 0 Å². The predicted octanol–water partition coefficient (Wildman–Crippen LogP) is 1.70. The molecule has 1 aromatic carbocycles. The second-order valence-electron chi connectivity index (χ2n) is 4.49. The first kappa shape index (κ1) is 15.3. The Morgan fingerprint density at radius 2 is 2.40 bits per heavy atom. The Bertz CT molecular complexity index is 455. The maximum absolute atomic E-state index is 11.4. The van der Waals surface area contributed by atoms with Crippen molar-refractivity contribution >= 4 is 21.9 Å². The van der Waals surface area contributed by atoms with Crippen molar-refractivity contribution in [2.75, 3.05) is 40.0 Å². The lowest BCUT2D eigenvalue weighted by atomic mass is 10.3. The highest BCUT2D eigenvalue weighted by Gasteiger charge is 2.26. The number of halogens is 1. The van der Waals surface area contributed by atoms with E-state index in [0.29, 0.717) is 19.8 Å². The van der Waals surface area contributed by atoms with Crippen LogP contribution in [0.1, 0.15) is 0 Å². The zero-order valence-corrected chi connectivity index (χ0v) is 13.0. The second-order valence-corrected chi connectivity index (χ2v) is 5.40.